The Kier molecular flexibility index (Phi) is 4.49. The highest BCUT2D eigenvalue weighted by molar-refractivity contribution is 6.30. The quantitative estimate of drug-likeness (QED) is 0.798. The van der Waals surface area contributed by atoms with E-state index in [1.807, 2.05) is 24.3 Å². The molecule has 3 N–H and O–H groups in total. The molecule has 3 nitrogen and oxygen atoms in total. The molecule has 1 fully saturated rings. The summed E-state index contributed by atoms with van der Waals surface area (Å²) in [4.78, 5) is 0. The van der Waals surface area contributed by atoms with E-state index in [9.17, 15) is 0 Å². The highest BCUT2D eigenvalue weighted by atomic mass is 35.5. The van der Waals surface area contributed by atoms with Crippen LogP contribution in [-0.2, 0) is 6.42 Å². The van der Waals surface area contributed by atoms with Crippen LogP contribution in [0, 0.1) is 5.92 Å². The molecular weight excluding hydrogens is 282 g/mol. The lowest BCUT2D eigenvalue weighted by Crippen LogP contribution is -2.05. The van der Waals surface area contributed by atoms with Gasteiger partial charge in [0.1, 0.15) is 0 Å². The number of halogens is 1. The average Bonchev–Trinajstić information content (AvgIpc) is 2.67. The Morgan fingerprint density at radius 3 is 2.67 bits per heavy atom. The van der Waals surface area contributed by atoms with Gasteiger partial charge in [-0.2, -0.15) is 5.10 Å². The maximum Gasteiger partial charge on any atom is 0.153 e. The van der Waals surface area contributed by atoms with Crippen molar-refractivity contribution in [3.8, 4) is 11.1 Å². The SMILES string of the molecule is Nc1n[nH]c(CC2CCCCCC2)c1-c1cccc(Cl)c1. The fourth-order valence-electron chi connectivity index (χ4n) is 3.36. The van der Waals surface area contributed by atoms with E-state index < -0.39 is 0 Å². The summed E-state index contributed by atoms with van der Waals surface area (Å²) in [6.45, 7) is 0. The van der Waals surface area contributed by atoms with Crippen molar-refractivity contribution in [3.05, 3.63) is 35.0 Å². The molecule has 1 aromatic heterocycles. The van der Waals surface area contributed by atoms with Crippen LogP contribution in [0.5, 0.6) is 0 Å². The van der Waals surface area contributed by atoms with Crippen LogP contribution < -0.4 is 5.73 Å². The predicted octanol–water partition coefficient (Wildman–Crippen LogP) is 4.83. The fourth-order valence-corrected chi connectivity index (χ4v) is 3.55. The van der Waals surface area contributed by atoms with Crippen LogP contribution in [0.3, 0.4) is 0 Å². The predicted molar refractivity (Wildman–Crippen MR) is 88.3 cm³/mol. The maximum absolute atomic E-state index is 6.11. The second-order valence-electron chi connectivity index (χ2n) is 6.03. The standard InChI is InChI=1S/C17H22ClN3/c18-14-9-5-8-13(11-14)16-15(20-21-17(16)19)10-12-6-3-1-2-4-7-12/h5,8-9,11-12H,1-4,6-7,10H2,(H3,19,20,21). The third-order valence-corrected chi connectivity index (χ3v) is 4.69. The molecular formula is C17H22ClN3. The maximum atomic E-state index is 6.11. The number of hydrogen-bond donors (Lipinski definition) is 2. The number of aromatic nitrogens is 2. The molecule has 1 aliphatic carbocycles. The molecule has 0 spiro atoms. The molecule has 0 amide bonds. The van der Waals surface area contributed by atoms with Crippen molar-refractivity contribution in [1.29, 1.82) is 0 Å². The van der Waals surface area contributed by atoms with Gasteiger partial charge in [-0.3, -0.25) is 5.10 Å². The number of anilines is 1. The van der Waals surface area contributed by atoms with Gasteiger partial charge in [0.05, 0.1) is 0 Å². The van der Waals surface area contributed by atoms with E-state index in [1.165, 1.54) is 38.5 Å². The number of nitrogens with one attached hydrogen (secondary N) is 1. The van der Waals surface area contributed by atoms with Crippen LogP contribution in [0.1, 0.15) is 44.2 Å². The molecule has 1 heterocycles. The minimum atomic E-state index is 0.570. The Balaban J connectivity index is 1.86. The number of nitrogens with two attached hydrogens (primary N) is 1. The average molecular weight is 304 g/mol. The van der Waals surface area contributed by atoms with Crippen molar-refractivity contribution in [2.24, 2.45) is 5.92 Å². The van der Waals surface area contributed by atoms with E-state index >= 15 is 0 Å². The molecule has 1 aromatic carbocycles. The van der Waals surface area contributed by atoms with Crippen LogP contribution in [0.15, 0.2) is 24.3 Å². The summed E-state index contributed by atoms with van der Waals surface area (Å²) in [6, 6.07) is 7.84. The van der Waals surface area contributed by atoms with Gasteiger partial charge >= 0.3 is 0 Å². The van der Waals surface area contributed by atoms with Gasteiger partial charge in [-0.1, -0.05) is 62.3 Å². The second kappa shape index (κ2) is 6.52. The first-order valence-corrected chi connectivity index (χ1v) is 8.20. The molecule has 0 unspecified atom stereocenters. The molecule has 4 heteroatoms. The Morgan fingerprint density at radius 2 is 1.95 bits per heavy atom. The van der Waals surface area contributed by atoms with Crippen LogP contribution in [0.25, 0.3) is 11.1 Å². The molecule has 2 aromatic rings. The van der Waals surface area contributed by atoms with Crippen molar-refractivity contribution >= 4 is 17.4 Å². The molecule has 112 valence electrons. The van der Waals surface area contributed by atoms with Crippen LogP contribution in [0.4, 0.5) is 5.82 Å². The first-order chi connectivity index (χ1) is 10.2. The summed E-state index contributed by atoms with van der Waals surface area (Å²) in [5, 5.41) is 8.09. The summed E-state index contributed by atoms with van der Waals surface area (Å²) < 4.78 is 0. The minimum absolute atomic E-state index is 0.570. The van der Waals surface area contributed by atoms with Gasteiger partial charge in [0, 0.05) is 16.3 Å². The molecule has 21 heavy (non-hydrogen) atoms. The monoisotopic (exact) mass is 303 g/mol. The number of benzene rings is 1. The molecule has 0 aliphatic heterocycles. The van der Waals surface area contributed by atoms with Gasteiger partial charge < -0.3 is 5.73 Å². The largest absolute Gasteiger partial charge is 0.382 e. The van der Waals surface area contributed by atoms with E-state index in [4.69, 9.17) is 17.3 Å². The lowest BCUT2D eigenvalue weighted by Gasteiger charge is -2.14. The summed E-state index contributed by atoms with van der Waals surface area (Å²) in [6.07, 6.45) is 9.11. The minimum Gasteiger partial charge on any atom is -0.382 e. The van der Waals surface area contributed by atoms with Crippen LogP contribution >= 0.6 is 11.6 Å². The Hall–Kier alpha value is -1.48. The van der Waals surface area contributed by atoms with Crippen molar-refractivity contribution in [3.63, 3.8) is 0 Å². The van der Waals surface area contributed by atoms with Gasteiger partial charge in [-0.05, 0) is 30.0 Å². The van der Waals surface area contributed by atoms with E-state index in [0.717, 1.165) is 34.2 Å². The third kappa shape index (κ3) is 3.41. The fraction of sp³-hybridized carbons (Fsp3) is 0.471. The molecule has 0 atom stereocenters. The van der Waals surface area contributed by atoms with Gasteiger partial charge in [0.15, 0.2) is 5.82 Å². The highest BCUT2D eigenvalue weighted by Crippen LogP contribution is 2.33. The van der Waals surface area contributed by atoms with E-state index in [0.29, 0.717) is 5.82 Å². The number of hydrogen-bond acceptors (Lipinski definition) is 2. The smallest absolute Gasteiger partial charge is 0.153 e. The molecule has 1 aliphatic rings. The third-order valence-electron chi connectivity index (χ3n) is 4.45. The zero-order valence-corrected chi connectivity index (χ0v) is 13.0. The zero-order chi connectivity index (χ0) is 14.7. The summed E-state index contributed by atoms with van der Waals surface area (Å²) in [7, 11) is 0. The van der Waals surface area contributed by atoms with Crippen LogP contribution in [-0.4, -0.2) is 10.2 Å². The van der Waals surface area contributed by atoms with Crippen molar-refractivity contribution in [2.75, 3.05) is 5.73 Å². The Bertz CT molecular complexity index is 598. The zero-order valence-electron chi connectivity index (χ0n) is 12.2. The first-order valence-electron chi connectivity index (χ1n) is 7.82. The van der Waals surface area contributed by atoms with Crippen molar-refractivity contribution in [1.82, 2.24) is 10.2 Å². The van der Waals surface area contributed by atoms with Gasteiger partial charge in [-0.25, -0.2) is 0 Å². The Morgan fingerprint density at radius 1 is 1.19 bits per heavy atom. The summed E-state index contributed by atoms with van der Waals surface area (Å²) in [5.41, 5.74) is 9.31. The number of nitrogens with zero attached hydrogens (tertiary/aromatic N) is 1. The number of H-pyrrole nitrogens is 1. The Labute approximate surface area is 130 Å². The number of aromatic amines is 1. The molecule has 3 rings (SSSR count). The number of rotatable bonds is 3. The van der Waals surface area contributed by atoms with E-state index in [-0.39, 0.29) is 0 Å². The molecule has 0 saturated heterocycles. The lowest BCUT2D eigenvalue weighted by atomic mass is 9.92. The normalized spacial score (nSPS) is 16.8. The van der Waals surface area contributed by atoms with E-state index in [1.54, 1.807) is 0 Å². The highest BCUT2D eigenvalue weighted by Gasteiger charge is 2.19. The molecule has 0 bridgehead atoms. The molecule has 1 saturated carbocycles. The lowest BCUT2D eigenvalue weighted by molar-refractivity contribution is 0.453. The number of nitrogen functional groups attached to an aromatic ring is 1. The van der Waals surface area contributed by atoms with Crippen molar-refractivity contribution < 1.29 is 0 Å². The van der Waals surface area contributed by atoms with Crippen LogP contribution in [0.2, 0.25) is 5.02 Å². The summed E-state index contributed by atoms with van der Waals surface area (Å²) >= 11 is 6.11. The summed E-state index contributed by atoms with van der Waals surface area (Å²) in [5.74, 6) is 1.31. The van der Waals surface area contributed by atoms with Gasteiger partial charge in [-0.15, -0.1) is 0 Å². The molecule has 0 radical (unpaired) electrons. The van der Waals surface area contributed by atoms with E-state index in [2.05, 4.69) is 10.2 Å². The first kappa shape index (κ1) is 14.5. The second-order valence-corrected chi connectivity index (χ2v) is 6.47. The van der Waals surface area contributed by atoms with Crippen molar-refractivity contribution in [2.45, 2.75) is 44.9 Å². The van der Waals surface area contributed by atoms with Gasteiger partial charge in [0.25, 0.3) is 0 Å². The van der Waals surface area contributed by atoms with Gasteiger partial charge in [0.2, 0.25) is 0 Å². The topological polar surface area (TPSA) is 54.7 Å².